The van der Waals surface area contributed by atoms with E-state index in [0.717, 1.165) is 16.3 Å². The summed E-state index contributed by atoms with van der Waals surface area (Å²) >= 11 is 1.47. The molecule has 2 aromatic rings. The number of fused-ring (bicyclic) bond motifs is 1. The molecular formula is C10H11N3O2S. The highest BCUT2D eigenvalue weighted by Crippen LogP contribution is 2.29. The maximum Gasteiger partial charge on any atom is 0.292 e. The van der Waals surface area contributed by atoms with Crippen molar-refractivity contribution in [3.63, 3.8) is 0 Å². The highest BCUT2D eigenvalue weighted by atomic mass is 32.1. The number of aromatic nitrogens is 2. The first-order valence-corrected chi connectivity index (χ1v) is 5.84. The number of hydrogen-bond donors (Lipinski definition) is 0. The molecule has 0 aromatic carbocycles. The van der Waals surface area contributed by atoms with Gasteiger partial charge in [0.15, 0.2) is 0 Å². The lowest BCUT2D eigenvalue weighted by molar-refractivity contribution is -0.385. The van der Waals surface area contributed by atoms with E-state index in [1.54, 1.807) is 0 Å². The van der Waals surface area contributed by atoms with Crippen molar-refractivity contribution in [1.29, 1.82) is 0 Å². The average molecular weight is 237 g/mol. The first-order valence-electron chi connectivity index (χ1n) is 5.03. The molecule has 2 heterocycles. The fourth-order valence-corrected chi connectivity index (χ4v) is 2.46. The Kier molecular flexibility index (Phi) is 2.82. The van der Waals surface area contributed by atoms with Crippen molar-refractivity contribution in [2.75, 3.05) is 0 Å². The van der Waals surface area contributed by atoms with Gasteiger partial charge in [-0.15, -0.1) is 0 Å². The van der Waals surface area contributed by atoms with Crippen LogP contribution in [0.15, 0.2) is 6.20 Å². The number of thiazole rings is 1. The van der Waals surface area contributed by atoms with Crippen molar-refractivity contribution < 1.29 is 4.92 Å². The van der Waals surface area contributed by atoms with Gasteiger partial charge in [0, 0.05) is 0 Å². The topological polar surface area (TPSA) is 68.9 Å². The van der Waals surface area contributed by atoms with E-state index in [-0.39, 0.29) is 10.6 Å². The second-order valence-corrected chi connectivity index (χ2v) is 4.70. The number of nitro groups is 1. The van der Waals surface area contributed by atoms with Gasteiger partial charge in [-0.2, -0.15) is 0 Å². The number of aryl methyl sites for hydroxylation is 2. The summed E-state index contributed by atoms with van der Waals surface area (Å²) in [5, 5.41) is 11.8. The molecule has 0 aliphatic carbocycles. The lowest BCUT2D eigenvalue weighted by atomic mass is 10.1. The fourth-order valence-electron chi connectivity index (χ4n) is 1.67. The molecule has 5 nitrogen and oxygen atoms in total. The van der Waals surface area contributed by atoms with Crippen LogP contribution in [0.4, 0.5) is 5.69 Å². The quantitative estimate of drug-likeness (QED) is 0.608. The van der Waals surface area contributed by atoms with E-state index >= 15 is 0 Å². The van der Waals surface area contributed by atoms with Crippen LogP contribution in [0.1, 0.15) is 23.9 Å². The van der Waals surface area contributed by atoms with Crippen LogP contribution in [0.2, 0.25) is 0 Å². The zero-order valence-corrected chi connectivity index (χ0v) is 9.87. The van der Waals surface area contributed by atoms with Crippen molar-refractivity contribution in [2.24, 2.45) is 0 Å². The number of pyridine rings is 1. The molecule has 0 radical (unpaired) electrons. The Hall–Kier alpha value is -1.56. The Balaban J connectivity index is 2.72. The molecule has 16 heavy (non-hydrogen) atoms. The third-order valence-electron chi connectivity index (χ3n) is 2.31. The summed E-state index contributed by atoms with van der Waals surface area (Å²) in [5.74, 6) is 0. The van der Waals surface area contributed by atoms with E-state index in [2.05, 4.69) is 9.97 Å². The Labute approximate surface area is 96.3 Å². The number of rotatable bonds is 3. The lowest BCUT2D eigenvalue weighted by Crippen LogP contribution is -1.97. The molecule has 2 rings (SSSR count). The monoisotopic (exact) mass is 237 g/mol. The van der Waals surface area contributed by atoms with Crippen LogP contribution < -0.4 is 0 Å². The van der Waals surface area contributed by atoms with Gasteiger partial charge in [-0.1, -0.05) is 24.7 Å². The molecule has 0 bridgehead atoms. The Morgan fingerprint density at radius 1 is 1.56 bits per heavy atom. The predicted molar refractivity (Wildman–Crippen MR) is 62.8 cm³/mol. The van der Waals surface area contributed by atoms with Gasteiger partial charge in [0.25, 0.3) is 5.69 Å². The van der Waals surface area contributed by atoms with Crippen LogP contribution in [0, 0.1) is 17.0 Å². The molecule has 0 aliphatic rings. The van der Waals surface area contributed by atoms with Gasteiger partial charge in [0.1, 0.15) is 16.5 Å². The molecule has 0 saturated heterocycles. The summed E-state index contributed by atoms with van der Waals surface area (Å²) in [6.45, 7) is 3.88. The van der Waals surface area contributed by atoms with Crippen LogP contribution in [0.5, 0.6) is 0 Å². The highest BCUT2D eigenvalue weighted by Gasteiger charge is 2.19. The molecule has 0 atom stereocenters. The van der Waals surface area contributed by atoms with Crippen molar-refractivity contribution in [1.82, 2.24) is 9.97 Å². The number of nitrogens with zero attached hydrogens (tertiary/aromatic N) is 3. The molecular weight excluding hydrogens is 226 g/mol. The van der Waals surface area contributed by atoms with Crippen molar-refractivity contribution in [3.05, 3.63) is 26.9 Å². The summed E-state index contributed by atoms with van der Waals surface area (Å²) in [6.07, 6.45) is 2.86. The molecule has 6 heteroatoms. The van der Waals surface area contributed by atoms with Crippen LogP contribution in [-0.4, -0.2) is 14.9 Å². The van der Waals surface area contributed by atoms with E-state index in [1.165, 1.54) is 17.5 Å². The van der Waals surface area contributed by atoms with E-state index in [4.69, 9.17) is 0 Å². The molecule has 0 N–H and O–H groups in total. The summed E-state index contributed by atoms with van der Waals surface area (Å²) in [5.41, 5.74) is 1.49. The summed E-state index contributed by atoms with van der Waals surface area (Å²) in [6, 6.07) is 0. The fraction of sp³-hybridized carbons (Fsp3) is 0.400. The first kappa shape index (κ1) is 10.9. The van der Waals surface area contributed by atoms with E-state index in [0.29, 0.717) is 17.5 Å². The van der Waals surface area contributed by atoms with E-state index < -0.39 is 0 Å². The molecule has 84 valence electrons. The van der Waals surface area contributed by atoms with Crippen LogP contribution in [-0.2, 0) is 6.42 Å². The van der Waals surface area contributed by atoms with Gasteiger partial charge in [0.2, 0.25) is 0 Å². The van der Waals surface area contributed by atoms with Crippen LogP contribution in [0.3, 0.4) is 0 Å². The zero-order chi connectivity index (χ0) is 11.7. The van der Waals surface area contributed by atoms with Gasteiger partial charge in [0.05, 0.1) is 15.5 Å². The van der Waals surface area contributed by atoms with Crippen LogP contribution in [0.25, 0.3) is 10.3 Å². The summed E-state index contributed by atoms with van der Waals surface area (Å²) < 4.78 is 0. The third kappa shape index (κ3) is 1.76. The lowest BCUT2D eigenvalue weighted by Gasteiger charge is -2.00. The predicted octanol–water partition coefficient (Wildman–Crippen LogP) is 2.86. The molecule has 0 amide bonds. The zero-order valence-electron chi connectivity index (χ0n) is 9.06. The van der Waals surface area contributed by atoms with Crippen molar-refractivity contribution >= 4 is 27.4 Å². The second kappa shape index (κ2) is 4.13. The first-order chi connectivity index (χ1) is 7.63. The van der Waals surface area contributed by atoms with Crippen LogP contribution >= 0.6 is 11.3 Å². The van der Waals surface area contributed by atoms with E-state index in [1.807, 2.05) is 13.8 Å². The van der Waals surface area contributed by atoms with Gasteiger partial charge in [-0.25, -0.2) is 9.97 Å². The minimum Gasteiger partial charge on any atom is -0.258 e. The third-order valence-corrected chi connectivity index (χ3v) is 3.19. The largest absolute Gasteiger partial charge is 0.292 e. The smallest absolute Gasteiger partial charge is 0.258 e. The Morgan fingerprint density at radius 3 is 2.94 bits per heavy atom. The maximum absolute atomic E-state index is 10.9. The minimum atomic E-state index is -0.383. The molecule has 0 saturated carbocycles. The normalized spacial score (nSPS) is 10.9. The SMILES string of the molecule is CCCc1c([N+](=O)[O-])cnc2sc(C)nc12. The minimum absolute atomic E-state index is 0.0830. The molecule has 2 aromatic heterocycles. The molecule has 0 aliphatic heterocycles. The second-order valence-electron chi connectivity index (χ2n) is 3.52. The maximum atomic E-state index is 10.9. The Morgan fingerprint density at radius 2 is 2.31 bits per heavy atom. The van der Waals surface area contributed by atoms with E-state index in [9.17, 15) is 10.1 Å². The van der Waals surface area contributed by atoms with Crippen molar-refractivity contribution in [3.8, 4) is 0 Å². The molecule has 0 fully saturated rings. The van der Waals surface area contributed by atoms with Gasteiger partial charge >= 0.3 is 0 Å². The van der Waals surface area contributed by atoms with Gasteiger partial charge in [-0.05, 0) is 13.3 Å². The highest BCUT2D eigenvalue weighted by molar-refractivity contribution is 7.18. The molecule has 0 spiro atoms. The summed E-state index contributed by atoms with van der Waals surface area (Å²) in [4.78, 5) is 19.7. The average Bonchev–Trinajstić information content (AvgIpc) is 2.59. The number of hydrogen-bond acceptors (Lipinski definition) is 5. The Bertz CT molecular complexity index is 550. The van der Waals surface area contributed by atoms with Crippen molar-refractivity contribution in [2.45, 2.75) is 26.7 Å². The standard InChI is InChI=1S/C10H11N3O2S/c1-3-4-7-8(13(14)15)5-11-10-9(7)12-6(2)16-10/h5H,3-4H2,1-2H3. The van der Waals surface area contributed by atoms with Gasteiger partial charge < -0.3 is 0 Å². The van der Waals surface area contributed by atoms with Gasteiger partial charge in [-0.3, -0.25) is 10.1 Å². The summed E-state index contributed by atoms with van der Waals surface area (Å²) in [7, 11) is 0. The molecule has 0 unspecified atom stereocenters.